The zero-order valence-electron chi connectivity index (χ0n) is 16.8. The molecule has 2 amide bonds. The summed E-state index contributed by atoms with van der Waals surface area (Å²) in [6.07, 6.45) is 2.86. The molecule has 0 unspecified atom stereocenters. The molecule has 2 N–H and O–H groups in total. The van der Waals surface area contributed by atoms with Gasteiger partial charge in [-0.3, -0.25) is 9.59 Å². The molecule has 1 atom stereocenters. The summed E-state index contributed by atoms with van der Waals surface area (Å²) in [6.45, 7) is 2.44. The van der Waals surface area contributed by atoms with Crippen LogP contribution in [0.4, 0.5) is 0 Å². The van der Waals surface area contributed by atoms with Gasteiger partial charge in [0.2, 0.25) is 17.6 Å². The average Bonchev–Trinajstić information content (AvgIpc) is 3.42. The van der Waals surface area contributed by atoms with E-state index in [0.717, 1.165) is 11.1 Å². The lowest BCUT2D eigenvalue weighted by Gasteiger charge is -2.20. The number of pyridine rings is 1. The minimum absolute atomic E-state index is 0.00884. The highest BCUT2D eigenvalue weighted by Crippen LogP contribution is 2.24. The number of carbonyl (C=O) groups excluding carboxylic acids is 2. The first-order chi connectivity index (χ1) is 14.5. The Labute approximate surface area is 173 Å². The van der Waals surface area contributed by atoms with Crippen molar-refractivity contribution < 1.29 is 14.3 Å². The van der Waals surface area contributed by atoms with E-state index >= 15 is 0 Å². The summed E-state index contributed by atoms with van der Waals surface area (Å²) in [5.41, 5.74) is 8.00. The summed E-state index contributed by atoms with van der Waals surface area (Å²) in [5, 5.41) is 4.45. The summed E-state index contributed by atoms with van der Waals surface area (Å²) < 4.78 is 6.69. The van der Waals surface area contributed by atoms with Gasteiger partial charge in [-0.1, -0.05) is 29.8 Å². The molecular formula is C21H22N6O3. The third-order valence-electron chi connectivity index (χ3n) is 5.12. The van der Waals surface area contributed by atoms with Crippen LogP contribution < -0.4 is 10.5 Å². The fraction of sp³-hybridized carbons (Fsp3) is 0.286. The molecule has 0 spiro atoms. The smallest absolute Gasteiger partial charge is 0.294 e. The molecule has 1 aliphatic rings. The van der Waals surface area contributed by atoms with E-state index in [2.05, 4.69) is 15.1 Å². The van der Waals surface area contributed by atoms with Gasteiger partial charge >= 0.3 is 0 Å². The van der Waals surface area contributed by atoms with Gasteiger partial charge in [-0.2, -0.15) is 0 Å². The van der Waals surface area contributed by atoms with Crippen LogP contribution in [0.2, 0.25) is 0 Å². The predicted molar refractivity (Wildman–Crippen MR) is 109 cm³/mol. The van der Waals surface area contributed by atoms with E-state index in [1.54, 1.807) is 23.0 Å². The lowest BCUT2D eigenvalue weighted by Crippen LogP contribution is -2.44. The molecule has 9 nitrogen and oxygen atoms in total. The molecule has 4 rings (SSSR count). The number of rotatable bonds is 5. The molecule has 1 fully saturated rings. The van der Waals surface area contributed by atoms with E-state index in [0.29, 0.717) is 36.8 Å². The van der Waals surface area contributed by atoms with Crippen LogP contribution >= 0.6 is 0 Å². The largest absolute Gasteiger partial charge is 0.481 e. The lowest BCUT2D eigenvalue weighted by atomic mass is 10.1. The first-order valence-corrected chi connectivity index (χ1v) is 9.62. The van der Waals surface area contributed by atoms with Gasteiger partial charge in [0.1, 0.15) is 6.04 Å². The third-order valence-corrected chi connectivity index (χ3v) is 5.12. The summed E-state index contributed by atoms with van der Waals surface area (Å²) >= 11 is 0. The Kier molecular flexibility index (Phi) is 5.18. The summed E-state index contributed by atoms with van der Waals surface area (Å²) in [6, 6.07) is 10.6. The van der Waals surface area contributed by atoms with Gasteiger partial charge in [-0.15, -0.1) is 5.10 Å². The molecular weight excluding hydrogens is 384 g/mol. The Morgan fingerprint density at radius 1 is 1.17 bits per heavy atom. The van der Waals surface area contributed by atoms with Gasteiger partial charge in [0, 0.05) is 18.2 Å². The average molecular weight is 406 g/mol. The zero-order valence-corrected chi connectivity index (χ0v) is 16.8. The van der Waals surface area contributed by atoms with E-state index in [1.807, 2.05) is 31.2 Å². The van der Waals surface area contributed by atoms with Crippen molar-refractivity contribution in [2.24, 2.45) is 5.73 Å². The van der Waals surface area contributed by atoms with E-state index in [-0.39, 0.29) is 5.82 Å². The second-order valence-electron chi connectivity index (χ2n) is 7.15. The van der Waals surface area contributed by atoms with Crippen LogP contribution in [0.3, 0.4) is 0 Å². The van der Waals surface area contributed by atoms with Crippen LogP contribution in [-0.2, 0) is 4.79 Å². The van der Waals surface area contributed by atoms with Crippen molar-refractivity contribution in [3.05, 3.63) is 54.0 Å². The maximum atomic E-state index is 13.1. The topological polar surface area (TPSA) is 116 Å². The molecule has 1 aliphatic heterocycles. The second-order valence-corrected chi connectivity index (χ2v) is 7.15. The maximum Gasteiger partial charge on any atom is 0.294 e. The predicted octanol–water partition coefficient (Wildman–Crippen LogP) is 1.74. The fourth-order valence-corrected chi connectivity index (χ4v) is 3.52. The van der Waals surface area contributed by atoms with Gasteiger partial charge in [0.15, 0.2) is 5.82 Å². The number of aromatic nitrogens is 4. The SMILES string of the molecule is COc1ccc(-n2nc(C(=O)N3CCC[C@H]3C(N)=O)nc2-c2ccc(C)cc2)cn1. The Hall–Kier alpha value is -3.75. The van der Waals surface area contributed by atoms with Crippen molar-refractivity contribution in [2.75, 3.05) is 13.7 Å². The lowest BCUT2D eigenvalue weighted by molar-refractivity contribution is -0.121. The molecule has 0 radical (unpaired) electrons. The number of nitrogens with two attached hydrogens (primary N) is 1. The molecule has 3 heterocycles. The maximum absolute atomic E-state index is 13.1. The van der Waals surface area contributed by atoms with Crippen LogP contribution in [0, 0.1) is 6.92 Å². The van der Waals surface area contributed by atoms with Crippen LogP contribution in [0.5, 0.6) is 5.88 Å². The highest BCUT2D eigenvalue weighted by molar-refractivity contribution is 5.95. The Morgan fingerprint density at radius 2 is 1.93 bits per heavy atom. The highest BCUT2D eigenvalue weighted by Gasteiger charge is 2.35. The number of aryl methyl sites for hydroxylation is 1. The summed E-state index contributed by atoms with van der Waals surface area (Å²) in [5.74, 6) is 0.0476. The number of ether oxygens (including phenoxy) is 1. The van der Waals surface area contributed by atoms with E-state index in [9.17, 15) is 9.59 Å². The molecule has 1 aromatic carbocycles. The second kappa shape index (κ2) is 7.94. The quantitative estimate of drug-likeness (QED) is 0.690. The van der Waals surface area contributed by atoms with Gasteiger partial charge < -0.3 is 15.4 Å². The molecule has 0 bridgehead atoms. The highest BCUT2D eigenvalue weighted by atomic mass is 16.5. The number of hydrogen-bond donors (Lipinski definition) is 1. The molecule has 9 heteroatoms. The van der Waals surface area contributed by atoms with E-state index < -0.39 is 17.9 Å². The zero-order chi connectivity index (χ0) is 21.3. The molecule has 30 heavy (non-hydrogen) atoms. The number of amides is 2. The van der Waals surface area contributed by atoms with Crippen molar-refractivity contribution in [3.8, 4) is 23.0 Å². The minimum Gasteiger partial charge on any atom is -0.481 e. The number of carbonyl (C=O) groups is 2. The van der Waals surface area contributed by atoms with Gasteiger partial charge in [-0.25, -0.2) is 14.6 Å². The molecule has 0 aliphatic carbocycles. The normalized spacial score (nSPS) is 15.9. The van der Waals surface area contributed by atoms with Gasteiger partial charge in [0.25, 0.3) is 5.91 Å². The van der Waals surface area contributed by atoms with Crippen molar-refractivity contribution in [2.45, 2.75) is 25.8 Å². The number of benzene rings is 1. The standard InChI is InChI=1S/C21H22N6O3/c1-13-5-7-14(8-6-13)20-24-19(21(29)26-11-3-4-16(26)18(22)28)25-27(20)15-9-10-17(30-2)23-12-15/h5-10,12,16H,3-4,11H2,1-2H3,(H2,22,28)/t16-/m0/s1. The Morgan fingerprint density at radius 3 is 2.57 bits per heavy atom. The third kappa shape index (κ3) is 3.61. The van der Waals surface area contributed by atoms with Crippen LogP contribution in [0.15, 0.2) is 42.6 Å². The van der Waals surface area contributed by atoms with Crippen LogP contribution in [0.1, 0.15) is 29.0 Å². The molecule has 3 aromatic rings. The first kappa shape index (κ1) is 19.6. The monoisotopic (exact) mass is 406 g/mol. The van der Waals surface area contributed by atoms with E-state index in [1.165, 1.54) is 12.0 Å². The minimum atomic E-state index is -0.630. The summed E-state index contributed by atoms with van der Waals surface area (Å²) in [7, 11) is 1.54. The van der Waals surface area contributed by atoms with Gasteiger partial charge in [0.05, 0.1) is 19.0 Å². The molecule has 154 valence electrons. The van der Waals surface area contributed by atoms with E-state index in [4.69, 9.17) is 10.5 Å². The number of primary amides is 1. The van der Waals surface area contributed by atoms with Crippen molar-refractivity contribution >= 4 is 11.8 Å². The number of nitrogens with zero attached hydrogens (tertiary/aromatic N) is 5. The van der Waals surface area contributed by atoms with Crippen LogP contribution in [0.25, 0.3) is 17.1 Å². The Bertz CT molecular complexity index is 1080. The number of likely N-dealkylation sites (tertiary alicyclic amines) is 1. The van der Waals surface area contributed by atoms with Gasteiger partial charge in [-0.05, 0) is 25.8 Å². The molecule has 2 aromatic heterocycles. The first-order valence-electron chi connectivity index (χ1n) is 9.62. The Balaban J connectivity index is 1.78. The number of hydrogen-bond acceptors (Lipinski definition) is 6. The molecule has 1 saturated heterocycles. The number of methoxy groups -OCH3 is 1. The van der Waals surface area contributed by atoms with Crippen LogP contribution in [-0.4, -0.2) is 56.2 Å². The summed E-state index contributed by atoms with van der Waals surface area (Å²) in [4.78, 5) is 35.0. The van der Waals surface area contributed by atoms with Crippen molar-refractivity contribution in [3.63, 3.8) is 0 Å². The van der Waals surface area contributed by atoms with Crippen molar-refractivity contribution in [1.29, 1.82) is 0 Å². The van der Waals surface area contributed by atoms with Crippen molar-refractivity contribution in [1.82, 2.24) is 24.6 Å². The fourth-order valence-electron chi connectivity index (χ4n) is 3.52. The molecule has 0 saturated carbocycles.